The molecule has 0 spiro atoms. The number of aliphatic hydroxyl groups is 1. The molecule has 1 fully saturated rings. The number of nitrogens with one attached hydrogen (secondary N) is 2. The maximum atomic E-state index is 9.37. The number of rotatable bonds is 1. The molecule has 3 N–H and O–H groups in total. The fraction of sp³-hybridized carbons (Fsp3) is 0.364. The summed E-state index contributed by atoms with van der Waals surface area (Å²) in [6.07, 6.45) is 4.61. The number of hydrogen-bond donors (Lipinski definition) is 3. The van der Waals surface area contributed by atoms with E-state index < -0.39 is 0 Å². The molecular formula is C11H14N4O. The van der Waals surface area contributed by atoms with E-state index in [0.29, 0.717) is 0 Å². The summed E-state index contributed by atoms with van der Waals surface area (Å²) >= 11 is 0. The van der Waals surface area contributed by atoms with Crippen LogP contribution in [-0.2, 0) is 0 Å². The van der Waals surface area contributed by atoms with Crippen molar-refractivity contribution in [2.24, 2.45) is 0 Å². The molecule has 2 aliphatic rings. The first kappa shape index (κ1) is 9.62. The second-order valence-electron chi connectivity index (χ2n) is 4.06. The fourth-order valence-electron chi connectivity index (χ4n) is 2.20. The molecule has 5 heteroatoms. The zero-order chi connectivity index (χ0) is 11.0. The molecule has 1 aromatic rings. The molecule has 0 aliphatic carbocycles. The van der Waals surface area contributed by atoms with Gasteiger partial charge in [0.2, 0.25) is 0 Å². The lowest BCUT2D eigenvalue weighted by atomic mass is 10.1. The molecule has 0 saturated carbocycles. The average molecular weight is 218 g/mol. The van der Waals surface area contributed by atoms with Crippen molar-refractivity contribution < 1.29 is 5.11 Å². The Kier molecular flexibility index (Phi) is 2.27. The first-order valence-electron chi connectivity index (χ1n) is 5.44. The molecule has 2 atom stereocenters. The van der Waals surface area contributed by atoms with Gasteiger partial charge in [-0.25, -0.2) is 0 Å². The van der Waals surface area contributed by atoms with E-state index >= 15 is 0 Å². The Morgan fingerprint density at radius 2 is 2.38 bits per heavy atom. The smallest absolute Gasteiger partial charge is 0.197 e. The molecule has 2 aliphatic heterocycles. The van der Waals surface area contributed by atoms with Crippen molar-refractivity contribution in [1.82, 2.24) is 20.7 Å². The molecule has 0 radical (unpaired) electrons. The lowest BCUT2D eigenvalue weighted by molar-refractivity contribution is 0.0974. The largest absolute Gasteiger partial charge is 0.494 e. The Labute approximate surface area is 93.8 Å². The summed E-state index contributed by atoms with van der Waals surface area (Å²) in [4.78, 5) is 4.35. The van der Waals surface area contributed by atoms with E-state index in [0.717, 1.165) is 18.7 Å². The van der Waals surface area contributed by atoms with Crippen molar-refractivity contribution in [2.75, 3.05) is 6.54 Å². The van der Waals surface area contributed by atoms with Crippen molar-refractivity contribution in [3.8, 4) is 0 Å². The monoisotopic (exact) mass is 218 g/mol. The number of aromatic nitrogens is 1. The third kappa shape index (κ3) is 1.64. The molecule has 0 bridgehead atoms. The summed E-state index contributed by atoms with van der Waals surface area (Å²) in [6.45, 7) is 0.888. The van der Waals surface area contributed by atoms with Gasteiger partial charge in [0.1, 0.15) is 6.17 Å². The Morgan fingerprint density at radius 1 is 1.44 bits per heavy atom. The second kappa shape index (κ2) is 3.77. The Balaban J connectivity index is 1.76. The van der Waals surface area contributed by atoms with E-state index in [-0.39, 0.29) is 18.1 Å². The summed E-state index contributed by atoms with van der Waals surface area (Å²) in [5, 5.41) is 14.8. The average Bonchev–Trinajstić information content (AvgIpc) is 2.69. The van der Waals surface area contributed by atoms with Gasteiger partial charge in [-0.15, -0.1) is 0 Å². The molecule has 0 amide bonds. The molecule has 16 heavy (non-hydrogen) atoms. The Bertz CT molecular complexity index is 406. The summed E-state index contributed by atoms with van der Waals surface area (Å²) < 4.78 is 0. The standard InChI is InChI=1S/C11H14N4O/c16-11-7-10-13-9(4-6-15(10)14-11)8-3-1-2-5-12-8/h1-3,5,7,9-10,13-14,16H,4,6H2. The van der Waals surface area contributed by atoms with Gasteiger partial charge in [-0.1, -0.05) is 6.07 Å². The molecule has 3 heterocycles. The van der Waals surface area contributed by atoms with Crippen LogP contribution in [0.25, 0.3) is 0 Å². The highest BCUT2D eigenvalue weighted by Crippen LogP contribution is 2.23. The van der Waals surface area contributed by atoms with Gasteiger partial charge >= 0.3 is 0 Å². The quantitative estimate of drug-likeness (QED) is 0.646. The van der Waals surface area contributed by atoms with Crippen molar-refractivity contribution in [3.63, 3.8) is 0 Å². The maximum absolute atomic E-state index is 9.37. The van der Waals surface area contributed by atoms with Crippen LogP contribution in [0.5, 0.6) is 0 Å². The van der Waals surface area contributed by atoms with Crippen LogP contribution in [0.2, 0.25) is 0 Å². The molecule has 1 saturated heterocycles. The van der Waals surface area contributed by atoms with Gasteiger partial charge in [-0.3, -0.25) is 15.7 Å². The summed E-state index contributed by atoms with van der Waals surface area (Å²) in [5.41, 5.74) is 3.95. The molecular weight excluding hydrogens is 204 g/mol. The van der Waals surface area contributed by atoms with Crippen LogP contribution in [0, 0.1) is 0 Å². The van der Waals surface area contributed by atoms with Gasteiger partial charge in [0.25, 0.3) is 0 Å². The number of fused-ring (bicyclic) bond motifs is 1. The topological polar surface area (TPSA) is 60.4 Å². The normalized spacial score (nSPS) is 29.4. The second-order valence-corrected chi connectivity index (χ2v) is 4.06. The maximum Gasteiger partial charge on any atom is 0.197 e. The Hall–Kier alpha value is -1.59. The van der Waals surface area contributed by atoms with E-state index in [1.807, 2.05) is 29.4 Å². The van der Waals surface area contributed by atoms with Crippen LogP contribution in [0.15, 0.2) is 36.4 Å². The van der Waals surface area contributed by atoms with Crippen molar-refractivity contribution in [1.29, 1.82) is 0 Å². The molecule has 0 aromatic carbocycles. The Morgan fingerprint density at radius 3 is 3.19 bits per heavy atom. The van der Waals surface area contributed by atoms with E-state index in [1.165, 1.54) is 0 Å². The predicted octanol–water partition coefficient (Wildman–Crippen LogP) is 0.662. The third-order valence-corrected chi connectivity index (χ3v) is 2.99. The highest BCUT2D eigenvalue weighted by molar-refractivity contribution is 5.13. The highest BCUT2D eigenvalue weighted by atomic mass is 16.3. The van der Waals surface area contributed by atoms with Crippen molar-refractivity contribution in [3.05, 3.63) is 42.0 Å². The van der Waals surface area contributed by atoms with Gasteiger partial charge < -0.3 is 5.11 Å². The van der Waals surface area contributed by atoms with E-state index in [1.54, 1.807) is 6.08 Å². The minimum absolute atomic E-state index is 0.0563. The SMILES string of the molecule is OC1=CC2NC(c3ccccn3)CCN2N1. The summed E-state index contributed by atoms with van der Waals surface area (Å²) in [6, 6.07) is 6.20. The van der Waals surface area contributed by atoms with Crippen LogP contribution >= 0.6 is 0 Å². The minimum atomic E-state index is 0.0563. The zero-order valence-corrected chi connectivity index (χ0v) is 8.80. The van der Waals surface area contributed by atoms with Gasteiger partial charge in [0.15, 0.2) is 5.88 Å². The number of hydrazine groups is 1. The molecule has 1 aromatic heterocycles. The lowest BCUT2D eigenvalue weighted by Gasteiger charge is -2.34. The number of pyridine rings is 1. The zero-order valence-electron chi connectivity index (χ0n) is 8.80. The van der Waals surface area contributed by atoms with Crippen LogP contribution < -0.4 is 10.7 Å². The summed E-state index contributed by atoms with van der Waals surface area (Å²) in [7, 11) is 0. The first-order chi connectivity index (χ1) is 7.83. The van der Waals surface area contributed by atoms with Crippen LogP contribution in [0.3, 0.4) is 0 Å². The molecule has 5 nitrogen and oxygen atoms in total. The van der Waals surface area contributed by atoms with Crippen LogP contribution in [0.4, 0.5) is 0 Å². The molecule has 3 rings (SSSR count). The number of aliphatic hydroxyl groups excluding tert-OH is 1. The molecule has 84 valence electrons. The van der Waals surface area contributed by atoms with E-state index in [4.69, 9.17) is 0 Å². The van der Waals surface area contributed by atoms with Crippen molar-refractivity contribution >= 4 is 0 Å². The van der Waals surface area contributed by atoms with Gasteiger partial charge in [-0.05, 0) is 18.6 Å². The fourth-order valence-corrected chi connectivity index (χ4v) is 2.20. The minimum Gasteiger partial charge on any atom is -0.494 e. The summed E-state index contributed by atoms with van der Waals surface area (Å²) in [5.74, 6) is 0.221. The van der Waals surface area contributed by atoms with Crippen LogP contribution in [0.1, 0.15) is 18.2 Å². The van der Waals surface area contributed by atoms with Gasteiger partial charge in [0, 0.05) is 18.8 Å². The highest BCUT2D eigenvalue weighted by Gasteiger charge is 2.32. The van der Waals surface area contributed by atoms with Crippen molar-refractivity contribution in [2.45, 2.75) is 18.6 Å². The third-order valence-electron chi connectivity index (χ3n) is 2.99. The first-order valence-corrected chi connectivity index (χ1v) is 5.44. The van der Waals surface area contributed by atoms with E-state index in [2.05, 4.69) is 15.7 Å². The molecule has 2 unspecified atom stereocenters. The predicted molar refractivity (Wildman–Crippen MR) is 59.1 cm³/mol. The van der Waals surface area contributed by atoms with Gasteiger partial charge in [-0.2, -0.15) is 5.01 Å². The number of nitrogens with zero attached hydrogens (tertiary/aromatic N) is 2. The van der Waals surface area contributed by atoms with Gasteiger partial charge in [0.05, 0.1) is 11.7 Å². The lowest BCUT2D eigenvalue weighted by Crippen LogP contribution is -2.52. The van der Waals surface area contributed by atoms with E-state index in [9.17, 15) is 5.11 Å². The van der Waals surface area contributed by atoms with Crippen LogP contribution in [-0.4, -0.2) is 27.8 Å². The number of hydrogen-bond acceptors (Lipinski definition) is 5.